The quantitative estimate of drug-likeness (QED) is 0.0201. The molecule has 82 heavy (non-hydrogen) atoms. The number of unbranched alkanes of at least 4 members (excludes halogenated alkanes) is 25. The van der Waals surface area contributed by atoms with Crippen LogP contribution in [0.5, 0.6) is 0 Å². The van der Waals surface area contributed by atoms with Crippen molar-refractivity contribution >= 4 is 11.8 Å². The largest absolute Gasteiger partial charge is 0.390 e. The van der Waals surface area contributed by atoms with Gasteiger partial charge in [-0.25, -0.2) is 0 Å². The lowest BCUT2D eigenvalue weighted by Gasteiger charge is -2.28. The van der Waals surface area contributed by atoms with Gasteiger partial charge in [0, 0.05) is 52.4 Å². The highest BCUT2D eigenvalue weighted by Gasteiger charge is 2.21. The molecule has 0 heterocycles. The number of rotatable bonds is 67. The predicted octanol–water partition coefficient (Wildman–Crippen LogP) is 8.67. The lowest BCUT2D eigenvalue weighted by molar-refractivity contribution is -0.124. The first-order valence-corrected chi connectivity index (χ1v) is 34.6. The zero-order chi connectivity index (χ0) is 59.9. The fraction of sp³-hybridized carbons (Fsp3) is 0.909. The lowest BCUT2D eigenvalue weighted by atomic mass is 10.1. The molecule has 0 fully saturated rings. The summed E-state index contributed by atoms with van der Waals surface area (Å²) in [6, 6.07) is -0.685. The van der Waals surface area contributed by atoms with Crippen LogP contribution in [0.4, 0.5) is 0 Å². The molecule has 0 bridgehead atoms. The van der Waals surface area contributed by atoms with E-state index in [9.17, 15) is 19.8 Å². The summed E-state index contributed by atoms with van der Waals surface area (Å²) in [6.07, 6.45) is 50.3. The number of allylic oxidation sites excluding steroid dienone is 4. The molecule has 0 aromatic carbocycles. The van der Waals surface area contributed by atoms with Gasteiger partial charge in [0.05, 0.1) is 24.3 Å². The van der Waals surface area contributed by atoms with Crippen LogP contribution in [0.2, 0.25) is 0 Å². The maximum absolute atomic E-state index is 13.5. The van der Waals surface area contributed by atoms with Gasteiger partial charge in [0.15, 0.2) is 0 Å². The molecule has 16 nitrogen and oxygen atoms in total. The third-order valence-electron chi connectivity index (χ3n) is 15.6. The van der Waals surface area contributed by atoms with Crippen molar-refractivity contribution in [3.05, 3.63) is 24.3 Å². The van der Waals surface area contributed by atoms with Gasteiger partial charge < -0.3 is 74.8 Å². The molecule has 0 saturated heterocycles. The molecule has 0 rings (SSSR count). The van der Waals surface area contributed by atoms with Gasteiger partial charge in [-0.15, -0.1) is 0 Å². The van der Waals surface area contributed by atoms with Crippen LogP contribution in [0.15, 0.2) is 24.3 Å². The molecule has 486 valence electrons. The van der Waals surface area contributed by atoms with Gasteiger partial charge in [-0.1, -0.05) is 154 Å². The second-order valence-electron chi connectivity index (χ2n) is 23.6. The van der Waals surface area contributed by atoms with Crippen molar-refractivity contribution in [1.82, 2.24) is 41.7 Å². The van der Waals surface area contributed by atoms with Crippen molar-refractivity contribution in [3.8, 4) is 0 Å². The summed E-state index contributed by atoms with van der Waals surface area (Å²) in [6.45, 7) is 16.2. The van der Waals surface area contributed by atoms with Crippen LogP contribution in [0.25, 0.3) is 0 Å². The molecule has 0 aliphatic rings. The minimum absolute atomic E-state index is 0.0797. The number of carbonyl (C=O) groups excluding carboxylic acids is 2. The first kappa shape index (κ1) is 79.9. The molecular weight excluding hydrogens is 1020 g/mol. The molecule has 0 aliphatic heterocycles. The molecule has 16 N–H and O–H groups in total. The highest BCUT2D eigenvalue weighted by molar-refractivity contribution is 5.82. The maximum Gasteiger partial charge on any atom is 0.237 e. The Bertz CT molecular complexity index is 1280. The normalized spacial score (nSPS) is 13.5. The standard InChI is InChI=1S/C66H138N12O4/c1-3-5-7-9-11-13-15-17-19-21-23-25-27-29-31-33-53-77(59-61(79)57-75-65(81)63(73-49-39-43-67)41-37-47-71-51-45-69)55-35-36-56-78(54-34-32-30-28-26-24-22-20-18-16-14-12-10-8-6-4-2)60-62(80)58-76-66(82)64(74-50-40-44-68)42-38-48-72-52-46-70/h17-20,61-64,71-74,79-80H,3-16,21-60,67-70H2,1-2H3,(H,75,81)(H,76,82)/b19-17+,20-18+. The van der Waals surface area contributed by atoms with Crippen LogP contribution < -0.4 is 54.8 Å². The zero-order valence-corrected chi connectivity index (χ0v) is 53.7. The van der Waals surface area contributed by atoms with Crippen LogP contribution in [0.1, 0.15) is 245 Å². The zero-order valence-electron chi connectivity index (χ0n) is 53.7. The monoisotopic (exact) mass is 1160 g/mol. The van der Waals surface area contributed by atoms with Gasteiger partial charge in [0.1, 0.15) is 0 Å². The van der Waals surface area contributed by atoms with E-state index in [0.29, 0.717) is 65.2 Å². The Kier molecular flexibility index (Phi) is 63.3. The molecular formula is C66H138N12O4. The smallest absolute Gasteiger partial charge is 0.237 e. The van der Waals surface area contributed by atoms with E-state index in [1.807, 2.05) is 0 Å². The third-order valence-corrected chi connectivity index (χ3v) is 15.6. The summed E-state index contributed by atoms with van der Waals surface area (Å²) in [4.78, 5) is 31.7. The van der Waals surface area contributed by atoms with Crippen molar-refractivity contribution in [3.63, 3.8) is 0 Å². The van der Waals surface area contributed by atoms with Crippen molar-refractivity contribution in [2.75, 3.05) is 118 Å². The minimum Gasteiger partial charge on any atom is -0.390 e. The lowest BCUT2D eigenvalue weighted by Crippen LogP contribution is -2.48. The van der Waals surface area contributed by atoms with Crippen LogP contribution >= 0.6 is 0 Å². The Balaban J connectivity index is 5.62. The summed E-state index contributed by atoms with van der Waals surface area (Å²) in [7, 11) is 0. The topological polar surface area (TPSA) is 257 Å². The van der Waals surface area contributed by atoms with Crippen molar-refractivity contribution < 1.29 is 19.8 Å². The molecule has 0 radical (unpaired) electrons. The number of carbonyl (C=O) groups is 2. The number of nitrogens with two attached hydrogens (primary N) is 4. The van der Waals surface area contributed by atoms with Gasteiger partial charge in [-0.05, 0) is 181 Å². The van der Waals surface area contributed by atoms with E-state index in [-0.39, 0.29) is 37.0 Å². The summed E-state index contributed by atoms with van der Waals surface area (Å²) in [5, 5.41) is 42.4. The molecule has 0 aliphatic carbocycles. The highest BCUT2D eigenvalue weighted by atomic mass is 16.3. The Morgan fingerprint density at radius 1 is 0.378 bits per heavy atom. The Hall–Kier alpha value is -2.06. The van der Waals surface area contributed by atoms with Crippen molar-refractivity contribution in [2.24, 2.45) is 22.9 Å². The van der Waals surface area contributed by atoms with E-state index in [1.165, 1.54) is 167 Å². The molecule has 0 aromatic rings. The molecule has 16 heteroatoms. The Labute approximate surface area is 505 Å². The number of aliphatic hydroxyl groups excluding tert-OH is 2. The van der Waals surface area contributed by atoms with E-state index in [0.717, 1.165) is 104 Å². The predicted molar refractivity (Wildman–Crippen MR) is 352 cm³/mol. The Morgan fingerprint density at radius 3 is 1.00 bits per heavy atom. The molecule has 2 amide bonds. The fourth-order valence-corrected chi connectivity index (χ4v) is 10.6. The first-order chi connectivity index (χ1) is 40.3. The van der Waals surface area contributed by atoms with E-state index in [2.05, 4.69) is 79.9 Å². The molecule has 0 saturated carbocycles. The second kappa shape index (κ2) is 64.9. The molecule has 4 unspecified atom stereocenters. The molecule has 4 atom stereocenters. The van der Waals surface area contributed by atoms with E-state index < -0.39 is 12.2 Å². The summed E-state index contributed by atoms with van der Waals surface area (Å²) in [5.74, 6) is -0.159. The summed E-state index contributed by atoms with van der Waals surface area (Å²) >= 11 is 0. The van der Waals surface area contributed by atoms with Crippen molar-refractivity contribution in [1.29, 1.82) is 0 Å². The maximum atomic E-state index is 13.5. The average molecular weight is 1160 g/mol. The van der Waals surface area contributed by atoms with E-state index >= 15 is 0 Å². The van der Waals surface area contributed by atoms with Gasteiger partial charge in [0.2, 0.25) is 11.8 Å². The van der Waals surface area contributed by atoms with E-state index in [1.54, 1.807) is 0 Å². The summed E-state index contributed by atoms with van der Waals surface area (Å²) in [5.41, 5.74) is 22.8. The van der Waals surface area contributed by atoms with Gasteiger partial charge >= 0.3 is 0 Å². The van der Waals surface area contributed by atoms with Crippen LogP contribution in [-0.4, -0.2) is 174 Å². The molecule has 0 aromatic heterocycles. The van der Waals surface area contributed by atoms with Crippen LogP contribution in [0, 0.1) is 0 Å². The fourth-order valence-electron chi connectivity index (χ4n) is 10.6. The second-order valence-corrected chi connectivity index (χ2v) is 23.6. The highest BCUT2D eigenvalue weighted by Crippen LogP contribution is 2.14. The Morgan fingerprint density at radius 2 is 0.683 bits per heavy atom. The van der Waals surface area contributed by atoms with Crippen LogP contribution in [0.3, 0.4) is 0 Å². The minimum atomic E-state index is -0.689. The van der Waals surface area contributed by atoms with Gasteiger partial charge in [-0.3, -0.25) is 9.59 Å². The molecule has 0 spiro atoms. The van der Waals surface area contributed by atoms with E-state index in [4.69, 9.17) is 22.9 Å². The number of nitrogens with zero attached hydrogens (tertiary/aromatic N) is 2. The summed E-state index contributed by atoms with van der Waals surface area (Å²) < 4.78 is 0. The average Bonchev–Trinajstić information content (AvgIpc) is 3.47. The van der Waals surface area contributed by atoms with Gasteiger partial charge in [-0.2, -0.15) is 0 Å². The van der Waals surface area contributed by atoms with Gasteiger partial charge in [0.25, 0.3) is 0 Å². The third kappa shape index (κ3) is 55.8. The number of aliphatic hydroxyl groups is 2. The number of amides is 2. The first-order valence-electron chi connectivity index (χ1n) is 34.6. The van der Waals surface area contributed by atoms with Crippen LogP contribution in [-0.2, 0) is 9.59 Å². The number of hydrogen-bond donors (Lipinski definition) is 12. The number of hydrogen-bond acceptors (Lipinski definition) is 14. The number of nitrogens with one attached hydrogen (secondary N) is 6. The van der Waals surface area contributed by atoms with Crippen molar-refractivity contribution in [2.45, 2.75) is 269 Å². The SMILES string of the molecule is CCCCCCCC/C=C/CCCCCCCCN(CCCCN(CCCCCCCC/C=C/CCCCCCCC)CC(O)CNC(=O)C(CCCNCCN)NCCCN)CC(O)CNC(=O)C(CCCNCCN)NCCCN.